The number of ether oxygens (including phenoxy) is 1. The summed E-state index contributed by atoms with van der Waals surface area (Å²) < 4.78 is 4.97. The number of aryl methyl sites for hydroxylation is 1. The molecule has 4 N–H and O–H groups in total. The predicted molar refractivity (Wildman–Crippen MR) is 69.2 cm³/mol. The second-order valence-corrected chi connectivity index (χ2v) is 3.99. The number of methoxy groups -OCH3 is 1. The van der Waals surface area contributed by atoms with Crippen molar-refractivity contribution in [2.75, 3.05) is 31.4 Å². The van der Waals surface area contributed by atoms with E-state index in [1.165, 1.54) is 0 Å². The van der Waals surface area contributed by atoms with E-state index >= 15 is 0 Å². The van der Waals surface area contributed by atoms with Gasteiger partial charge in [-0.05, 0) is 12.8 Å². The number of aliphatic hydroxyl groups is 1. The minimum Gasteiger partial charge on any atom is -0.394 e. The minimum atomic E-state index is -0.152. The smallest absolute Gasteiger partial charge is 0.228 e. The summed E-state index contributed by atoms with van der Waals surface area (Å²) in [5.74, 6) is 1.26. The molecule has 0 fully saturated rings. The number of hydrogen-bond acceptors (Lipinski definition) is 7. The van der Waals surface area contributed by atoms with Gasteiger partial charge in [0.2, 0.25) is 11.9 Å². The van der Waals surface area contributed by atoms with Crippen molar-refractivity contribution in [1.82, 2.24) is 15.0 Å². The summed E-state index contributed by atoms with van der Waals surface area (Å²) >= 11 is 0. The normalized spacial score (nSPS) is 12.4. The number of nitrogens with two attached hydrogens (primary N) is 1. The van der Waals surface area contributed by atoms with Crippen LogP contribution in [0.25, 0.3) is 0 Å². The number of nitrogen functional groups attached to an aromatic ring is 1. The molecule has 0 saturated carbocycles. The third kappa shape index (κ3) is 4.80. The zero-order chi connectivity index (χ0) is 13.4. The molecule has 18 heavy (non-hydrogen) atoms. The van der Waals surface area contributed by atoms with E-state index < -0.39 is 0 Å². The Kier molecular flexibility index (Phi) is 6.31. The molecule has 7 nitrogen and oxygen atoms in total. The van der Waals surface area contributed by atoms with Gasteiger partial charge in [0.25, 0.3) is 0 Å². The molecule has 102 valence electrons. The average molecular weight is 255 g/mol. The third-order valence-corrected chi connectivity index (χ3v) is 2.40. The Morgan fingerprint density at radius 1 is 1.39 bits per heavy atom. The van der Waals surface area contributed by atoms with E-state index in [0.717, 1.165) is 12.8 Å². The quantitative estimate of drug-likeness (QED) is 0.610. The lowest BCUT2D eigenvalue weighted by molar-refractivity contribution is 0.174. The van der Waals surface area contributed by atoms with Crippen LogP contribution in [0.4, 0.5) is 11.9 Å². The van der Waals surface area contributed by atoms with Gasteiger partial charge >= 0.3 is 0 Å². The van der Waals surface area contributed by atoms with Crippen LogP contribution in [-0.2, 0) is 11.2 Å². The summed E-state index contributed by atoms with van der Waals surface area (Å²) in [6.45, 7) is 2.58. The summed E-state index contributed by atoms with van der Waals surface area (Å²) in [6.07, 6.45) is 2.36. The maximum Gasteiger partial charge on any atom is 0.228 e. The number of hydrogen-bond donors (Lipinski definition) is 3. The fraction of sp³-hybridized carbons (Fsp3) is 0.727. The van der Waals surface area contributed by atoms with Gasteiger partial charge in [-0.2, -0.15) is 15.0 Å². The summed E-state index contributed by atoms with van der Waals surface area (Å²) in [7, 11) is 1.62. The first-order chi connectivity index (χ1) is 8.69. The van der Waals surface area contributed by atoms with Crippen LogP contribution < -0.4 is 11.1 Å². The van der Waals surface area contributed by atoms with Crippen LogP contribution in [0.15, 0.2) is 0 Å². The second kappa shape index (κ2) is 7.78. The molecule has 1 aromatic rings. The van der Waals surface area contributed by atoms with Crippen molar-refractivity contribution >= 4 is 11.9 Å². The molecule has 1 atom stereocenters. The molecule has 0 saturated heterocycles. The van der Waals surface area contributed by atoms with E-state index in [-0.39, 0.29) is 18.6 Å². The van der Waals surface area contributed by atoms with Crippen molar-refractivity contribution in [1.29, 1.82) is 0 Å². The lowest BCUT2D eigenvalue weighted by Gasteiger charge is -2.16. The molecule has 0 spiro atoms. The zero-order valence-electron chi connectivity index (χ0n) is 10.9. The molecule has 0 aliphatic heterocycles. The molecule has 1 heterocycles. The fourth-order valence-electron chi connectivity index (χ4n) is 1.49. The number of nitrogens with zero attached hydrogens (tertiary/aromatic N) is 3. The van der Waals surface area contributed by atoms with Gasteiger partial charge in [-0.15, -0.1) is 0 Å². The monoisotopic (exact) mass is 255 g/mol. The van der Waals surface area contributed by atoms with Crippen molar-refractivity contribution < 1.29 is 9.84 Å². The molecule has 7 heteroatoms. The van der Waals surface area contributed by atoms with Crippen LogP contribution in [0.5, 0.6) is 0 Å². The van der Waals surface area contributed by atoms with E-state index in [1.54, 1.807) is 7.11 Å². The zero-order valence-corrected chi connectivity index (χ0v) is 10.9. The molecule has 1 rings (SSSR count). The van der Waals surface area contributed by atoms with Gasteiger partial charge in [-0.1, -0.05) is 6.92 Å². The van der Waals surface area contributed by atoms with E-state index in [1.807, 2.05) is 6.92 Å². The van der Waals surface area contributed by atoms with E-state index in [0.29, 0.717) is 24.8 Å². The third-order valence-electron chi connectivity index (χ3n) is 2.40. The average Bonchev–Trinajstić information content (AvgIpc) is 2.34. The maximum absolute atomic E-state index is 9.24. The lowest BCUT2D eigenvalue weighted by Crippen LogP contribution is -2.27. The van der Waals surface area contributed by atoms with Gasteiger partial charge in [-0.3, -0.25) is 0 Å². The summed E-state index contributed by atoms with van der Waals surface area (Å²) in [6, 6.07) is -0.152. The SMILES string of the molecule is CCCc1nc(N)nc(NC(CO)CCOC)n1. The predicted octanol–water partition coefficient (Wildman–Crippen LogP) is 0.216. The number of anilines is 2. The van der Waals surface area contributed by atoms with Crippen molar-refractivity contribution in [3.63, 3.8) is 0 Å². The Bertz CT molecular complexity index is 361. The summed E-state index contributed by atoms with van der Waals surface area (Å²) in [5, 5.41) is 12.3. The molecule has 0 aromatic carbocycles. The number of rotatable bonds is 8. The number of aromatic nitrogens is 3. The molecule has 0 radical (unpaired) electrons. The van der Waals surface area contributed by atoms with E-state index in [9.17, 15) is 5.11 Å². The first kappa shape index (κ1) is 14.6. The summed E-state index contributed by atoms with van der Waals surface area (Å²) in [5.41, 5.74) is 5.62. The van der Waals surface area contributed by atoms with E-state index in [4.69, 9.17) is 10.5 Å². The highest BCUT2D eigenvalue weighted by molar-refractivity contribution is 5.32. The van der Waals surface area contributed by atoms with Gasteiger partial charge in [0.1, 0.15) is 5.82 Å². The number of aliphatic hydroxyl groups excluding tert-OH is 1. The summed E-state index contributed by atoms with van der Waals surface area (Å²) in [4.78, 5) is 12.3. The Morgan fingerprint density at radius 3 is 2.78 bits per heavy atom. The Balaban J connectivity index is 2.69. The molecule has 1 unspecified atom stereocenters. The molecule has 0 bridgehead atoms. The van der Waals surface area contributed by atoms with Crippen molar-refractivity contribution in [2.45, 2.75) is 32.2 Å². The van der Waals surface area contributed by atoms with Crippen molar-refractivity contribution in [2.24, 2.45) is 0 Å². The van der Waals surface area contributed by atoms with Crippen LogP contribution >= 0.6 is 0 Å². The van der Waals surface area contributed by atoms with Crippen LogP contribution in [-0.4, -0.2) is 46.4 Å². The van der Waals surface area contributed by atoms with Gasteiger partial charge in [0, 0.05) is 20.1 Å². The Labute approximate surface area is 107 Å². The molecular formula is C11H21N5O2. The van der Waals surface area contributed by atoms with Crippen molar-refractivity contribution in [3.8, 4) is 0 Å². The molecule has 0 aliphatic carbocycles. The molecular weight excluding hydrogens is 234 g/mol. The highest BCUT2D eigenvalue weighted by Crippen LogP contribution is 2.07. The largest absolute Gasteiger partial charge is 0.394 e. The van der Waals surface area contributed by atoms with Gasteiger partial charge in [-0.25, -0.2) is 0 Å². The Hall–Kier alpha value is -1.47. The van der Waals surface area contributed by atoms with Gasteiger partial charge < -0.3 is 20.9 Å². The highest BCUT2D eigenvalue weighted by atomic mass is 16.5. The standard InChI is InChI=1S/C11H21N5O2/c1-3-4-9-14-10(12)16-11(15-9)13-8(7-17)5-6-18-2/h8,17H,3-7H2,1-2H3,(H3,12,13,14,15,16). The van der Waals surface area contributed by atoms with Gasteiger partial charge in [0.15, 0.2) is 0 Å². The molecule has 0 amide bonds. The Morgan fingerprint density at radius 2 is 2.17 bits per heavy atom. The van der Waals surface area contributed by atoms with E-state index in [2.05, 4.69) is 20.3 Å². The van der Waals surface area contributed by atoms with Crippen LogP contribution in [0.3, 0.4) is 0 Å². The fourth-order valence-corrected chi connectivity index (χ4v) is 1.49. The molecule has 1 aromatic heterocycles. The second-order valence-electron chi connectivity index (χ2n) is 3.99. The van der Waals surface area contributed by atoms with Gasteiger partial charge in [0.05, 0.1) is 12.6 Å². The van der Waals surface area contributed by atoms with Crippen LogP contribution in [0, 0.1) is 0 Å². The minimum absolute atomic E-state index is 0.0158. The lowest BCUT2D eigenvalue weighted by atomic mass is 10.2. The first-order valence-corrected chi connectivity index (χ1v) is 6.06. The molecule has 0 aliphatic rings. The van der Waals surface area contributed by atoms with Crippen LogP contribution in [0.2, 0.25) is 0 Å². The number of nitrogens with one attached hydrogen (secondary N) is 1. The van der Waals surface area contributed by atoms with Crippen molar-refractivity contribution in [3.05, 3.63) is 5.82 Å². The van der Waals surface area contributed by atoms with Crippen LogP contribution in [0.1, 0.15) is 25.6 Å². The highest BCUT2D eigenvalue weighted by Gasteiger charge is 2.10. The maximum atomic E-state index is 9.24. The first-order valence-electron chi connectivity index (χ1n) is 6.06. The topological polar surface area (TPSA) is 106 Å².